The zero-order chi connectivity index (χ0) is 11.5. The van der Waals surface area contributed by atoms with Crippen molar-refractivity contribution in [1.29, 1.82) is 5.41 Å². The Morgan fingerprint density at radius 2 is 2.38 bits per heavy atom. The van der Waals surface area contributed by atoms with E-state index in [1.54, 1.807) is 0 Å². The maximum atomic E-state index is 7.28. The summed E-state index contributed by atoms with van der Waals surface area (Å²) >= 11 is 0. The Hall–Kier alpha value is -1.58. The number of aryl methyl sites for hydroxylation is 1. The van der Waals surface area contributed by atoms with Gasteiger partial charge in [0.15, 0.2) is 0 Å². The van der Waals surface area contributed by atoms with E-state index in [1.165, 1.54) is 18.4 Å². The SMILES string of the molecule is Cc1ccnc(N(CCC(=N)N)C2CC2)c1. The second-order valence-electron chi connectivity index (χ2n) is 4.39. The van der Waals surface area contributed by atoms with Gasteiger partial charge >= 0.3 is 0 Å². The molecule has 0 radical (unpaired) electrons. The summed E-state index contributed by atoms with van der Waals surface area (Å²) in [6, 6.07) is 4.70. The smallest absolute Gasteiger partial charge is 0.128 e. The van der Waals surface area contributed by atoms with Crippen molar-refractivity contribution in [1.82, 2.24) is 4.98 Å². The highest BCUT2D eigenvalue weighted by atomic mass is 15.2. The number of amidine groups is 1. The Morgan fingerprint density at radius 3 is 2.94 bits per heavy atom. The fourth-order valence-electron chi connectivity index (χ4n) is 1.79. The molecule has 0 unspecified atom stereocenters. The quantitative estimate of drug-likeness (QED) is 0.583. The van der Waals surface area contributed by atoms with Crippen LogP contribution < -0.4 is 10.6 Å². The molecule has 2 rings (SSSR count). The number of anilines is 1. The molecule has 0 aliphatic heterocycles. The summed E-state index contributed by atoms with van der Waals surface area (Å²) in [5.74, 6) is 1.27. The van der Waals surface area contributed by atoms with E-state index in [0.29, 0.717) is 12.5 Å². The number of nitrogens with zero attached hydrogens (tertiary/aromatic N) is 2. The van der Waals surface area contributed by atoms with Crippen LogP contribution in [0.4, 0.5) is 5.82 Å². The molecule has 1 aliphatic rings. The number of nitrogens with two attached hydrogens (primary N) is 1. The summed E-state index contributed by atoms with van der Waals surface area (Å²) in [6.45, 7) is 2.87. The third-order valence-corrected chi connectivity index (χ3v) is 2.80. The van der Waals surface area contributed by atoms with Gasteiger partial charge in [-0.2, -0.15) is 0 Å². The zero-order valence-electron chi connectivity index (χ0n) is 9.61. The molecular weight excluding hydrogens is 200 g/mol. The molecule has 1 saturated carbocycles. The summed E-state index contributed by atoms with van der Waals surface area (Å²) in [4.78, 5) is 6.67. The molecule has 86 valence electrons. The molecule has 0 bridgehead atoms. The monoisotopic (exact) mass is 218 g/mol. The summed E-state index contributed by atoms with van der Waals surface area (Å²) in [7, 11) is 0. The van der Waals surface area contributed by atoms with Crippen molar-refractivity contribution in [3.63, 3.8) is 0 Å². The van der Waals surface area contributed by atoms with Crippen LogP contribution in [-0.4, -0.2) is 23.4 Å². The van der Waals surface area contributed by atoms with E-state index in [1.807, 2.05) is 12.3 Å². The average molecular weight is 218 g/mol. The standard InChI is InChI=1S/C12H18N4/c1-9-4-6-15-12(8-9)16(10-2-3-10)7-5-11(13)14/h4,6,8,10H,2-3,5,7H2,1H3,(H3,13,14). The fourth-order valence-corrected chi connectivity index (χ4v) is 1.79. The largest absolute Gasteiger partial charge is 0.388 e. The van der Waals surface area contributed by atoms with Crippen LogP contribution in [0.2, 0.25) is 0 Å². The molecule has 1 aromatic heterocycles. The van der Waals surface area contributed by atoms with Crippen molar-refractivity contribution in [2.45, 2.75) is 32.2 Å². The van der Waals surface area contributed by atoms with Crippen LogP contribution >= 0.6 is 0 Å². The van der Waals surface area contributed by atoms with Crippen molar-refractivity contribution in [3.05, 3.63) is 23.9 Å². The molecule has 4 nitrogen and oxygen atoms in total. The van der Waals surface area contributed by atoms with Crippen LogP contribution in [-0.2, 0) is 0 Å². The van der Waals surface area contributed by atoms with Gasteiger partial charge in [-0.15, -0.1) is 0 Å². The predicted octanol–water partition coefficient (Wildman–Crippen LogP) is 1.68. The lowest BCUT2D eigenvalue weighted by Gasteiger charge is -2.23. The van der Waals surface area contributed by atoms with Crippen molar-refractivity contribution < 1.29 is 0 Å². The predicted molar refractivity (Wildman–Crippen MR) is 65.9 cm³/mol. The maximum absolute atomic E-state index is 7.28. The number of hydrogen-bond acceptors (Lipinski definition) is 3. The highest BCUT2D eigenvalue weighted by Crippen LogP contribution is 2.30. The van der Waals surface area contributed by atoms with Gasteiger partial charge in [0, 0.05) is 25.2 Å². The van der Waals surface area contributed by atoms with E-state index in [0.717, 1.165) is 12.4 Å². The zero-order valence-corrected chi connectivity index (χ0v) is 9.61. The lowest BCUT2D eigenvalue weighted by Crippen LogP contribution is -2.30. The van der Waals surface area contributed by atoms with Crippen molar-refractivity contribution in [3.8, 4) is 0 Å². The molecular formula is C12H18N4. The van der Waals surface area contributed by atoms with Gasteiger partial charge in [-0.3, -0.25) is 5.41 Å². The van der Waals surface area contributed by atoms with E-state index >= 15 is 0 Å². The Labute approximate surface area is 96.0 Å². The third-order valence-electron chi connectivity index (χ3n) is 2.80. The van der Waals surface area contributed by atoms with Crippen molar-refractivity contribution in [2.75, 3.05) is 11.4 Å². The molecule has 1 aromatic rings. The number of pyridine rings is 1. The van der Waals surface area contributed by atoms with Crippen LogP contribution in [0.1, 0.15) is 24.8 Å². The van der Waals surface area contributed by atoms with Gasteiger partial charge < -0.3 is 10.6 Å². The third kappa shape index (κ3) is 2.72. The van der Waals surface area contributed by atoms with Crippen LogP contribution in [0.15, 0.2) is 18.3 Å². The second-order valence-corrected chi connectivity index (χ2v) is 4.39. The molecule has 1 fully saturated rings. The Kier molecular flexibility index (Phi) is 3.08. The van der Waals surface area contributed by atoms with Gasteiger partial charge in [0.05, 0.1) is 5.84 Å². The minimum Gasteiger partial charge on any atom is -0.388 e. The number of rotatable bonds is 5. The first-order valence-electron chi connectivity index (χ1n) is 5.69. The molecule has 0 aromatic carbocycles. The van der Waals surface area contributed by atoms with Gasteiger partial charge in [0.1, 0.15) is 5.82 Å². The van der Waals surface area contributed by atoms with E-state index in [9.17, 15) is 0 Å². The van der Waals surface area contributed by atoms with Crippen LogP contribution in [0, 0.1) is 12.3 Å². The molecule has 4 heteroatoms. The van der Waals surface area contributed by atoms with Crippen LogP contribution in [0.25, 0.3) is 0 Å². The maximum Gasteiger partial charge on any atom is 0.128 e. The van der Waals surface area contributed by atoms with Crippen LogP contribution in [0.5, 0.6) is 0 Å². The lowest BCUT2D eigenvalue weighted by atomic mass is 10.2. The Balaban J connectivity index is 2.09. The summed E-state index contributed by atoms with van der Waals surface area (Å²) in [5, 5.41) is 7.28. The summed E-state index contributed by atoms with van der Waals surface area (Å²) in [5.41, 5.74) is 6.63. The highest BCUT2D eigenvalue weighted by Gasteiger charge is 2.29. The fraction of sp³-hybridized carbons (Fsp3) is 0.500. The van der Waals surface area contributed by atoms with Crippen molar-refractivity contribution >= 4 is 11.7 Å². The second kappa shape index (κ2) is 4.51. The first kappa shape index (κ1) is 10.9. The lowest BCUT2D eigenvalue weighted by molar-refractivity contribution is 0.781. The molecule has 16 heavy (non-hydrogen) atoms. The van der Waals surface area contributed by atoms with Gasteiger partial charge in [-0.05, 0) is 37.5 Å². The molecule has 1 aliphatic carbocycles. The molecule has 3 N–H and O–H groups in total. The minimum atomic E-state index is 0.248. The van der Waals surface area contributed by atoms with E-state index in [2.05, 4.69) is 22.9 Å². The Bertz CT molecular complexity index is 384. The molecule has 0 spiro atoms. The first-order chi connectivity index (χ1) is 7.66. The average Bonchev–Trinajstić information content (AvgIpc) is 3.02. The Morgan fingerprint density at radius 1 is 1.62 bits per heavy atom. The van der Waals surface area contributed by atoms with E-state index in [-0.39, 0.29) is 5.84 Å². The summed E-state index contributed by atoms with van der Waals surface area (Å²) < 4.78 is 0. The topological polar surface area (TPSA) is 66.0 Å². The number of nitrogens with one attached hydrogen (secondary N) is 1. The van der Waals surface area contributed by atoms with E-state index < -0.39 is 0 Å². The van der Waals surface area contributed by atoms with Gasteiger partial charge in [0.25, 0.3) is 0 Å². The number of hydrogen-bond donors (Lipinski definition) is 2. The normalized spacial score (nSPS) is 14.8. The first-order valence-corrected chi connectivity index (χ1v) is 5.69. The highest BCUT2D eigenvalue weighted by molar-refractivity contribution is 5.77. The van der Waals surface area contributed by atoms with Gasteiger partial charge in [0.2, 0.25) is 0 Å². The van der Waals surface area contributed by atoms with Crippen molar-refractivity contribution in [2.24, 2.45) is 5.73 Å². The molecule has 0 atom stereocenters. The summed E-state index contributed by atoms with van der Waals surface area (Å²) in [6.07, 6.45) is 4.92. The van der Waals surface area contributed by atoms with Crippen LogP contribution in [0.3, 0.4) is 0 Å². The van der Waals surface area contributed by atoms with Gasteiger partial charge in [-0.1, -0.05) is 0 Å². The number of aromatic nitrogens is 1. The molecule has 0 saturated heterocycles. The molecule has 1 heterocycles. The minimum absolute atomic E-state index is 0.248. The van der Waals surface area contributed by atoms with Gasteiger partial charge in [-0.25, -0.2) is 4.98 Å². The molecule has 0 amide bonds. The van der Waals surface area contributed by atoms with E-state index in [4.69, 9.17) is 11.1 Å².